The molecule has 0 saturated carbocycles. The standard InChI is InChI=1S/C24H12Br2O2/c25-11-1-3-13-15-5-7-18-22-16(14-4-2-12(26)10-20(14)24(18)28)6-8-17(21(15)22)23(27)19(13)9-11/h1,3,5-10H,2,4H2. The van der Waals surface area contributed by atoms with Crippen LogP contribution in [0.3, 0.4) is 0 Å². The van der Waals surface area contributed by atoms with Gasteiger partial charge in [0.25, 0.3) is 0 Å². The summed E-state index contributed by atoms with van der Waals surface area (Å²) in [5.74, 6) is 0.0721. The average Bonchev–Trinajstić information content (AvgIpc) is 2.70. The molecule has 0 saturated heterocycles. The van der Waals surface area contributed by atoms with Crippen molar-refractivity contribution in [2.75, 3.05) is 0 Å². The number of benzene rings is 3. The predicted molar refractivity (Wildman–Crippen MR) is 118 cm³/mol. The van der Waals surface area contributed by atoms with Crippen molar-refractivity contribution in [3.05, 3.63) is 85.3 Å². The third kappa shape index (κ3) is 2.02. The molecule has 28 heavy (non-hydrogen) atoms. The molecule has 0 unspecified atom stereocenters. The van der Waals surface area contributed by atoms with E-state index in [0.29, 0.717) is 16.7 Å². The zero-order valence-corrected chi connectivity index (χ0v) is 17.8. The minimum absolute atomic E-state index is 0.0195. The molecule has 134 valence electrons. The molecule has 0 amide bonds. The van der Waals surface area contributed by atoms with E-state index < -0.39 is 0 Å². The van der Waals surface area contributed by atoms with Gasteiger partial charge in [-0.25, -0.2) is 0 Å². The molecule has 3 aromatic rings. The topological polar surface area (TPSA) is 34.1 Å². The summed E-state index contributed by atoms with van der Waals surface area (Å²) in [6.45, 7) is 0. The lowest BCUT2D eigenvalue weighted by molar-refractivity contribution is 0.103. The Kier molecular flexibility index (Phi) is 3.34. The van der Waals surface area contributed by atoms with Crippen LogP contribution in [0.5, 0.6) is 0 Å². The lowest BCUT2D eigenvalue weighted by atomic mass is 9.74. The van der Waals surface area contributed by atoms with Gasteiger partial charge in [-0.1, -0.05) is 50.1 Å². The molecule has 0 radical (unpaired) electrons. The first-order valence-corrected chi connectivity index (χ1v) is 10.7. The van der Waals surface area contributed by atoms with Crippen LogP contribution in [0, 0.1) is 0 Å². The number of carbonyl (C=O) groups is 2. The molecule has 3 aliphatic rings. The number of hydrogen-bond donors (Lipinski definition) is 0. The summed E-state index contributed by atoms with van der Waals surface area (Å²) < 4.78 is 1.95. The lowest BCUT2D eigenvalue weighted by Gasteiger charge is -2.28. The number of ketones is 2. The highest BCUT2D eigenvalue weighted by Crippen LogP contribution is 2.48. The normalized spacial score (nSPS) is 16.9. The van der Waals surface area contributed by atoms with Crippen molar-refractivity contribution < 1.29 is 9.59 Å². The summed E-state index contributed by atoms with van der Waals surface area (Å²) in [5, 5.41) is 1.86. The Morgan fingerprint density at radius 1 is 0.643 bits per heavy atom. The van der Waals surface area contributed by atoms with Gasteiger partial charge in [-0.15, -0.1) is 0 Å². The van der Waals surface area contributed by atoms with Crippen molar-refractivity contribution in [1.29, 1.82) is 0 Å². The molecule has 0 bridgehead atoms. The molecule has 3 aromatic carbocycles. The first kappa shape index (κ1) is 16.6. The number of halogens is 2. The summed E-state index contributed by atoms with van der Waals surface area (Å²) in [6.07, 6.45) is 3.68. The van der Waals surface area contributed by atoms with Gasteiger partial charge in [0.2, 0.25) is 0 Å². The van der Waals surface area contributed by atoms with Crippen LogP contribution in [0.1, 0.15) is 44.7 Å². The fourth-order valence-corrected chi connectivity index (χ4v) is 5.54. The van der Waals surface area contributed by atoms with Crippen LogP contribution >= 0.6 is 31.9 Å². The third-order valence-corrected chi connectivity index (χ3v) is 7.09. The number of fused-ring (bicyclic) bond motifs is 3. The minimum atomic E-state index is 0.0195. The zero-order chi connectivity index (χ0) is 19.2. The van der Waals surface area contributed by atoms with Crippen LogP contribution in [0.4, 0.5) is 0 Å². The largest absolute Gasteiger partial charge is 0.289 e. The maximum atomic E-state index is 13.3. The molecule has 0 aromatic heterocycles. The second kappa shape index (κ2) is 5.62. The van der Waals surface area contributed by atoms with E-state index in [1.807, 2.05) is 48.5 Å². The predicted octanol–water partition coefficient (Wildman–Crippen LogP) is 6.84. The Balaban J connectivity index is 1.78. The van der Waals surface area contributed by atoms with Gasteiger partial charge in [0.05, 0.1) is 0 Å². The monoisotopic (exact) mass is 490 g/mol. The Morgan fingerprint density at radius 3 is 2.11 bits per heavy atom. The fraction of sp³-hybridized carbons (Fsp3) is 0.0833. The van der Waals surface area contributed by atoms with E-state index in [2.05, 4.69) is 31.9 Å². The van der Waals surface area contributed by atoms with Crippen LogP contribution in [-0.4, -0.2) is 11.6 Å². The number of hydrogen-bond acceptors (Lipinski definition) is 2. The average molecular weight is 492 g/mol. The van der Waals surface area contributed by atoms with E-state index in [4.69, 9.17) is 0 Å². The first-order valence-electron chi connectivity index (χ1n) is 9.13. The summed E-state index contributed by atoms with van der Waals surface area (Å²) in [4.78, 5) is 26.5. The van der Waals surface area contributed by atoms with Gasteiger partial charge in [-0.2, -0.15) is 0 Å². The highest BCUT2D eigenvalue weighted by molar-refractivity contribution is 9.11. The van der Waals surface area contributed by atoms with Crippen molar-refractivity contribution in [3.63, 3.8) is 0 Å². The summed E-state index contributed by atoms with van der Waals surface area (Å²) in [6, 6.07) is 13.7. The minimum Gasteiger partial charge on any atom is -0.289 e. The second-order valence-electron chi connectivity index (χ2n) is 7.40. The van der Waals surface area contributed by atoms with Gasteiger partial charge >= 0.3 is 0 Å². The number of carbonyl (C=O) groups excluding carboxylic acids is 2. The molecule has 0 heterocycles. The van der Waals surface area contributed by atoms with Crippen LogP contribution in [0.2, 0.25) is 0 Å². The van der Waals surface area contributed by atoms with E-state index in [9.17, 15) is 9.59 Å². The van der Waals surface area contributed by atoms with E-state index in [0.717, 1.165) is 60.4 Å². The number of Topliss-reactive ketones (excluding diaryl/α,β-unsaturated/α-hetero) is 1. The Bertz CT molecular complexity index is 1360. The summed E-state index contributed by atoms with van der Waals surface area (Å²) >= 11 is 7.03. The van der Waals surface area contributed by atoms with E-state index >= 15 is 0 Å². The number of allylic oxidation sites excluding steroid dienone is 4. The SMILES string of the molecule is O=C1C2=C(CCC(Br)=C2)c2ccc3c4c(ccc1c24)-c1ccc(Br)cc1C3=O. The van der Waals surface area contributed by atoms with Crippen molar-refractivity contribution in [2.24, 2.45) is 0 Å². The Labute approximate surface area is 178 Å². The van der Waals surface area contributed by atoms with Crippen molar-refractivity contribution in [2.45, 2.75) is 12.8 Å². The number of rotatable bonds is 0. The quantitative estimate of drug-likeness (QED) is 0.270. The molecule has 0 aliphatic heterocycles. The van der Waals surface area contributed by atoms with Crippen LogP contribution < -0.4 is 0 Å². The van der Waals surface area contributed by atoms with E-state index in [1.165, 1.54) is 0 Å². The van der Waals surface area contributed by atoms with Crippen molar-refractivity contribution >= 4 is 59.8 Å². The van der Waals surface area contributed by atoms with Gasteiger partial charge in [0.1, 0.15) is 0 Å². The van der Waals surface area contributed by atoms with Crippen LogP contribution in [0.25, 0.3) is 27.5 Å². The molecule has 2 nitrogen and oxygen atoms in total. The molecule has 4 heteroatoms. The molecule has 0 N–H and O–H groups in total. The smallest absolute Gasteiger partial charge is 0.194 e. The molecular weight excluding hydrogens is 480 g/mol. The van der Waals surface area contributed by atoms with Gasteiger partial charge < -0.3 is 0 Å². The maximum absolute atomic E-state index is 13.3. The molecule has 0 atom stereocenters. The van der Waals surface area contributed by atoms with Crippen LogP contribution in [0.15, 0.2) is 63.1 Å². The highest BCUT2D eigenvalue weighted by atomic mass is 79.9. The second-order valence-corrected chi connectivity index (χ2v) is 9.34. The molecule has 6 rings (SSSR count). The van der Waals surface area contributed by atoms with Gasteiger partial charge in [0, 0.05) is 37.5 Å². The summed E-state index contributed by atoms with van der Waals surface area (Å²) in [7, 11) is 0. The van der Waals surface area contributed by atoms with E-state index in [-0.39, 0.29) is 11.6 Å². The highest BCUT2D eigenvalue weighted by Gasteiger charge is 2.33. The fourth-order valence-electron chi connectivity index (χ4n) is 4.76. The Morgan fingerprint density at radius 2 is 1.29 bits per heavy atom. The summed E-state index contributed by atoms with van der Waals surface area (Å²) in [5.41, 5.74) is 7.02. The Hall–Kier alpha value is -2.30. The van der Waals surface area contributed by atoms with Gasteiger partial charge in [-0.05, 0) is 69.9 Å². The first-order chi connectivity index (χ1) is 13.5. The van der Waals surface area contributed by atoms with Crippen LogP contribution in [-0.2, 0) is 0 Å². The van der Waals surface area contributed by atoms with Gasteiger partial charge in [-0.3, -0.25) is 9.59 Å². The molecule has 0 spiro atoms. The molecular formula is C24H12Br2O2. The molecule has 3 aliphatic carbocycles. The van der Waals surface area contributed by atoms with Gasteiger partial charge in [0.15, 0.2) is 11.6 Å². The van der Waals surface area contributed by atoms with Crippen molar-refractivity contribution in [3.8, 4) is 11.1 Å². The third-order valence-electron chi connectivity index (χ3n) is 5.98. The lowest BCUT2D eigenvalue weighted by Crippen LogP contribution is -2.17. The molecule has 0 fully saturated rings. The zero-order valence-electron chi connectivity index (χ0n) is 14.6. The van der Waals surface area contributed by atoms with Crippen molar-refractivity contribution in [1.82, 2.24) is 0 Å². The van der Waals surface area contributed by atoms with E-state index in [1.54, 1.807) is 0 Å². The maximum Gasteiger partial charge on any atom is 0.194 e.